The first-order valence-corrected chi connectivity index (χ1v) is 11.7. The van der Waals surface area contributed by atoms with E-state index in [4.69, 9.17) is 39.2 Å². The number of benzene rings is 3. The molecule has 39 heavy (non-hydrogen) atoms. The summed E-state index contributed by atoms with van der Waals surface area (Å²) in [4.78, 5) is 11.4. The monoisotopic (exact) mass is 519 g/mol. The maximum Gasteiger partial charge on any atom is 0.416 e. The third kappa shape index (κ3) is 6.23. The predicted octanol–water partition coefficient (Wildman–Crippen LogP) is -0.255. The average molecular weight is 519 g/mol. The summed E-state index contributed by atoms with van der Waals surface area (Å²) in [6.07, 6.45) is -1.80. The van der Waals surface area contributed by atoms with Crippen molar-refractivity contribution in [2.45, 2.75) is 32.1 Å². The van der Waals surface area contributed by atoms with Gasteiger partial charge in [0.15, 0.2) is 0 Å². The van der Waals surface area contributed by atoms with Crippen LogP contribution in [-0.2, 0) is 17.5 Å². The Balaban J connectivity index is 2.06. The van der Waals surface area contributed by atoms with E-state index < -0.39 is 29.9 Å². The zero-order valence-corrected chi connectivity index (χ0v) is 21.4. The van der Waals surface area contributed by atoms with Gasteiger partial charge in [0.05, 0.1) is 12.2 Å². The minimum Gasteiger partial charge on any atom is -0.480 e. The lowest BCUT2D eigenvalue weighted by atomic mass is 9.59. The number of halogens is 3. The van der Waals surface area contributed by atoms with E-state index in [0.29, 0.717) is 27.8 Å². The first-order chi connectivity index (χ1) is 18.1. The lowest BCUT2D eigenvalue weighted by molar-refractivity contribution is -0.146. The molecule has 0 bridgehead atoms. The maximum atomic E-state index is 13.8. The highest BCUT2D eigenvalue weighted by molar-refractivity contribution is 6.68. The number of aliphatic hydroxyl groups is 1. The van der Waals surface area contributed by atoms with Gasteiger partial charge in [-0.2, -0.15) is 13.2 Å². The Hall–Kier alpha value is -3.10. The Morgan fingerprint density at radius 3 is 2.03 bits per heavy atom. The van der Waals surface area contributed by atoms with E-state index in [1.165, 1.54) is 31.2 Å². The molecule has 4 nitrogen and oxygen atoms in total. The molecule has 0 fully saturated rings. The number of carboxylic acid groups (broad SMARTS) is 1. The van der Waals surface area contributed by atoms with Gasteiger partial charge in [0.25, 0.3) is 0 Å². The van der Waals surface area contributed by atoms with Crippen LogP contribution < -0.4 is 32.6 Å². The molecular weight excluding hydrogens is 497 g/mol. The number of nitrogens with one attached hydrogen (secondary N) is 1. The van der Waals surface area contributed by atoms with Gasteiger partial charge in [0.1, 0.15) is 44.8 Å². The quantitative estimate of drug-likeness (QED) is 0.284. The second kappa shape index (κ2) is 11.6. The minimum absolute atomic E-state index is 0.0687. The van der Waals surface area contributed by atoms with Gasteiger partial charge in [0.2, 0.25) is 0 Å². The fraction of sp³-hybridized carbons (Fsp3) is 0.222. The van der Waals surface area contributed by atoms with E-state index in [2.05, 4.69) is 5.32 Å². The largest absolute Gasteiger partial charge is 0.480 e. The summed E-state index contributed by atoms with van der Waals surface area (Å²) in [7, 11) is 30.3. The van der Waals surface area contributed by atoms with Crippen molar-refractivity contribution >= 4 is 84.7 Å². The fourth-order valence-electron chi connectivity index (χ4n) is 4.04. The van der Waals surface area contributed by atoms with Crippen molar-refractivity contribution in [2.24, 2.45) is 0 Å². The fourth-order valence-corrected chi connectivity index (χ4v) is 4.04. The number of aliphatic carboxylic acids is 1. The zero-order chi connectivity index (χ0) is 29.3. The highest BCUT2D eigenvalue weighted by Gasteiger charge is 2.34. The van der Waals surface area contributed by atoms with Crippen LogP contribution in [0.15, 0.2) is 36.4 Å². The third-order valence-electron chi connectivity index (χ3n) is 6.68. The van der Waals surface area contributed by atoms with E-state index in [0.717, 1.165) is 6.07 Å². The summed E-state index contributed by atoms with van der Waals surface area (Å²) in [5.41, 5.74) is 0.430. The molecule has 3 aromatic carbocycles. The molecule has 12 heteroatoms. The summed E-state index contributed by atoms with van der Waals surface area (Å²) in [6.45, 7) is 2.24. The van der Waals surface area contributed by atoms with E-state index in [1.807, 2.05) is 0 Å². The standard InChI is InChI=1S/C27H21B5F3NO3/c1-13-15(4-3-5-17(13)19-20(28)22(30)24(32)23(31)21(19)29)7-8-16-10-14(6-9-18(16)27(33,34)35)11-36-26(2,12-37)25(38)39/h3-10,36-37H,11-12H2,1-2H3,(H,38,39)/b8-7+/t26-/m0/s1. The molecule has 0 aliphatic rings. The topological polar surface area (TPSA) is 69.6 Å². The Kier molecular flexibility index (Phi) is 9.03. The molecule has 0 aliphatic heterocycles. The number of aliphatic hydroxyl groups excluding tert-OH is 1. The number of rotatable bonds is 8. The number of alkyl halides is 3. The van der Waals surface area contributed by atoms with Gasteiger partial charge in [-0.1, -0.05) is 47.3 Å². The molecule has 0 spiro atoms. The first-order valence-electron chi connectivity index (χ1n) is 11.7. The number of hydrogen-bond acceptors (Lipinski definition) is 3. The van der Waals surface area contributed by atoms with Gasteiger partial charge in [0, 0.05) is 6.54 Å². The second-order valence-electron chi connectivity index (χ2n) is 9.36. The molecule has 1 atom stereocenters. The number of carboxylic acids is 1. The Morgan fingerprint density at radius 1 is 0.923 bits per heavy atom. The molecular formula is C27H21B5F3NO3. The van der Waals surface area contributed by atoms with Gasteiger partial charge in [-0.15, -0.1) is 16.4 Å². The molecule has 10 radical (unpaired) electrons. The molecule has 0 heterocycles. The molecule has 0 unspecified atom stereocenters. The SMILES string of the molecule is [B]c1c([B])c([B])c(-c2cccc(/C=C/c3cc(CN[C@@](C)(CO)C(=O)O)ccc3C(F)(F)F)c2C)c([B])c1[B]. The van der Waals surface area contributed by atoms with Gasteiger partial charge < -0.3 is 10.2 Å². The van der Waals surface area contributed by atoms with E-state index in [9.17, 15) is 28.2 Å². The van der Waals surface area contributed by atoms with Crippen molar-refractivity contribution in [3.63, 3.8) is 0 Å². The van der Waals surface area contributed by atoms with Gasteiger partial charge in [-0.25, -0.2) is 0 Å². The van der Waals surface area contributed by atoms with Crippen LogP contribution in [-0.4, -0.2) is 67.6 Å². The molecule has 3 aromatic rings. The van der Waals surface area contributed by atoms with Crippen LogP contribution in [0.2, 0.25) is 0 Å². The minimum atomic E-state index is -4.63. The lowest BCUT2D eigenvalue weighted by Crippen LogP contribution is -2.55. The third-order valence-corrected chi connectivity index (χ3v) is 6.68. The highest BCUT2D eigenvalue weighted by atomic mass is 19.4. The lowest BCUT2D eigenvalue weighted by Gasteiger charge is -2.24. The van der Waals surface area contributed by atoms with Gasteiger partial charge >= 0.3 is 12.1 Å². The van der Waals surface area contributed by atoms with E-state index >= 15 is 0 Å². The molecule has 0 saturated heterocycles. The van der Waals surface area contributed by atoms with Crippen LogP contribution >= 0.6 is 0 Å². The van der Waals surface area contributed by atoms with Gasteiger partial charge in [-0.05, 0) is 59.4 Å². The van der Waals surface area contributed by atoms with Crippen LogP contribution in [0.5, 0.6) is 0 Å². The molecule has 188 valence electrons. The summed E-state index contributed by atoms with van der Waals surface area (Å²) in [5.74, 6) is -1.29. The van der Waals surface area contributed by atoms with E-state index in [-0.39, 0.29) is 39.4 Å². The van der Waals surface area contributed by atoms with E-state index in [1.54, 1.807) is 25.1 Å². The normalized spacial score (nSPS) is 13.5. The predicted molar refractivity (Wildman–Crippen MR) is 154 cm³/mol. The molecule has 0 aromatic heterocycles. The maximum absolute atomic E-state index is 13.8. The average Bonchev–Trinajstić information content (AvgIpc) is 2.89. The van der Waals surface area contributed by atoms with Crippen LogP contribution in [0.25, 0.3) is 23.3 Å². The Morgan fingerprint density at radius 2 is 1.49 bits per heavy atom. The number of carbonyl (C=O) groups is 1. The second-order valence-corrected chi connectivity index (χ2v) is 9.36. The van der Waals surface area contributed by atoms with Crippen molar-refractivity contribution in [2.75, 3.05) is 6.61 Å². The summed E-state index contributed by atoms with van der Waals surface area (Å²) in [5, 5.41) is 21.4. The molecule has 0 amide bonds. The summed E-state index contributed by atoms with van der Waals surface area (Å²) < 4.78 is 41.3. The molecule has 0 aliphatic carbocycles. The zero-order valence-electron chi connectivity index (χ0n) is 21.4. The molecule has 3 rings (SSSR count). The number of hydrogen-bond donors (Lipinski definition) is 3. The van der Waals surface area contributed by atoms with Crippen LogP contribution in [0.4, 0.5) is 13.2 Å². The molecule has 3 N–H and O–H groups in total. The Bertz CT molecular complexity index is 1430. The van der Waals surface area contributed by atoms with Crippen molar-refractivity contribution in [3.8, 4) is 11.1 Å². The Labute approximate surface area is 232 Å². The molecule has 0 saturated carbocycles. The summed E-state index contributed by atoms with van der Waals surface area (Å²) in [6, 6.07) is 8.62. The van der Waals surface area contributed by atoms with Gasteiger partial charge in [-0.3, -0.25) is 10.1 Å². The van der Waals surface area contributed by atoms with Crippen LogP contribution in [0.1, 0.15) is 34.7 Å². The first kappa shape index (κ1) is 30.4. The van der Waals surface area contributed by atoms with Crippen LogP contribution in [0, 0.1) is 6.92 Å². The van der Waals surface area contributed by atoms with Crippen molar-refractivity contribution in [1.82, 2.24) is 5.32 Å². The van der Waals surface area contributed by atoms with Crippen molar-refractivity contribution in [3.05, 3.63) is 64.2 Å². The van der Waals surface area contributed by atoms with Crippen LogP contribution in [0.3, 0.4) is 0 Å². The van der Waals surface area contributed by atoms with Crippen molar-refractivity contribution in [1.29, 1.82) is 0 Å². The summed E-state index contributed by atoms with van der Waals surface area (Å²) >= 11 is 0. The van der Waals surface area contributed by atoms with Crippen molar-refractivity contribution < 1.29 is 28.2 Å². The smallest absolute Gasteiger partial charge is 0.416 e. The highest BCUT2D eigenvalue weighted by Crippen LogP contribution is 2.34.